The number of hydrogen-bond donors (Lipinski definition) is 2. The van der Waals surface area contributed by atoms with Crippen LogP contribution in [0.5, 0.6) is 0 Å². The summed E-state index contributed by atoms with van der Waals surface area (Å²) in [6, 6.07) is 0.756. The number of carbonyl (C=O) groups is 1. The molecule has 0 spiro atoms. The van der Waals surface area contributed by atoms with Crippen molar-refractivity contribution in [3.05, 3.63) is 18.0 Å². The fraction of sp³-hybridized carbons (Fsp3) is 0.714. The maximum absolute atomic E-state index is 11.5. The first-order chi connectivity index (χ1) is 9.19. The molecule has 1 amide bonds. The molecule has 106 valence electrons. The van der Waals surface area contributed by atoms with Crippen molar-refractivity contribution in [3.8, 4) is 0 Å². The molecule has 1 aromatic heterocycles. The first-order valence-electron chi connectivity index (χ1n) is 7.24. The van der Waals surface area contributed by atoms with Crippen LogP contribution in [0.4, 0.5) is 0 Å². The van der Waals surface area contributed by atoms with Gasteiger partial charge in [-0.3, -0.25) is 9.48 Å². The molecule has 0 aliphatic heterocycles. The molecule has 5 nitrogen and oxygen atoms in total. The summed E-state index contributed by atoms with van der Waals surface area (Å²) in [7, 11) is 0. The van der Waals surface area contributed by atoms with Crippen molar-refractivity contribution in [1.29, 1.82) is 0 Å². The number of aryl methyl sites for hydroxylation is 1. The van der Waals surface area contributed by atoms with Crippen molar-refractivity contribution in [2.45, 2.75) is 58.2 Å². The van der Waals surface area contributed by atoms with E-state index in [-0.39, 0.29) is 11.9 Å². The molecule has 0 aromatic carbocycles. The van der Waals surface area contributed by atoms with E-state index in [9.17, 15) is 4.79 Å². The number of hydrogen-bond acceptors (Lipinski definition) is 3. The lowest BCUT2D eigenvalue weighted by atomic mass is 10.2. The predicted molar refractivity (Wildman–Crippen MR) is 74.7 cm³/mol. The molecule has 1 heterocycles. The van der Waals surface area contributed by atoms with Gasteiger partial charge >= 0.3 is 0 Å². The zero-order chi connectivity index (χ0) is 13.7. The number of amides is 1. The first kappa shape index (κ1) is 14.1. The Kier molecular flexibility index (Phi) is 4.96. The second-order valence-corrected chi connectivity index (χ2v) is 5.25. The van der Waals surface area contributed by atoms with Crippen LogP contribution in [0.3, 0.4) is 0 Å². The molecule has 0 saturated heterocycles. The van der Waals surface area contributed by atoms with Crippen LogP contribution in [0, 0.1) is 0 Å². The van der Waals surface area contributed by atoms with Crippen molar-refractivity contribution in [2.24, 2.45) is 0 Å². The van der Waals surface area contributed by atoms with Crippen LogP contribution < -0.4 is 10.6 Å². The molecular formula is C14H24N4O. The number of rotatable bonds is 8. The molecule has 1 aromatic rings. The van der Waals surface area contributed by atoms with E-state index in [2.05, 4.69) is 35.8 Å². The highest BCUT2D eigenvalue weighted by Crippen LogP contribution is 2.18. The van der Waals surface area contributed by atoms with Crippen LogP contribution in [0.15, 0.2) is 12.4 Å². The Morgan fingerprint density at radius 1 is 1.58 bits per heavy atom. The second kappa shape index (κ2) is 6.70. The Labute approximate surface area is 114 Å². The highest BCUT2D eigenvalue weighted by atomic mass is 16.1. The monoisotopic (exact) mass is 264 g/mol. The van der Waals surface area contributed by atoms with Gasteiger partial charge in [0.2, 0.25) is 5.91 Å². The molecule has 1 unspecified atom stereocenters. The van der Waals surface area contributed by atoms with Crippen molar-refractivity contribution in [1.82, 2.24) is 20.4 Å². The fourth-order valence-corrected chi connectivity index (χ4v) is 1.99. The lowest BCUT2D eigenvalue weighted by molar-refractivity contribution is -0.121. The highest BCUT2D eigenvalue weighted by molar-refractivity contribution is 5.76. The summed E-state index contributed by atoms with van der Waals surface area (Å²) in [5, 5.41) is 10.7. The largest absolute Gasteiger partial charge is 0.353 e. The predicted octanol–water partition coefficient (Wildman–Crippen LogP) is 1.61. The zero-order valence-electron chi connectivity index (χ0n) is 11.9. The molecule has 2 rings (SSSR count). The van der Waals surface area contributed by atoms with Crippen LogP contribution in [0.2, 0.25) is 0 Å². The Morgan fingerprint density at radius 3 is 3.00 bits per heavy atom. The summed E-state index contributed by atoms with van der Waals surface area (Å²) in [6.07, 6.45) is 7.78. The highest BCUT2D eigenvalue weighted by Gasteiger charge is 2.22. The topological polar surface area (TPSA) is 59.0 Å². The smallest absolute Gasteiger partial charge is 0.220 e. The molecule has 2 N–H and O–H groups in total. The van der Waals surface area contributed by atoms with Gasteiger partial charge in [0.05, 0.1) is 6.20 Å². The molecule has 0 bridgehead atoms. The van der Waals surface area contributed by atoms with Crippen LogP contribution in [-0.2, 0) is 11.3 Å². The molecule has 1 fully saturated rings. The molecular weight excluding hydrogens is 240 g/mol. The summed E-state index contributed by atoms with van der Waals surface area (Å²) in [5.41, 5.74) is 1.20. The minimum atomic E-state index is 0.191. The molecule has 5 heteroatoms. The van der Waals surface area contributed by atoms with E-state index >= 15 is 0 Å². The third-order valence-corrected chi connectivity index (χ3v) is 3.45. The van der Waals surface area contributed by atoms with E-state index in [1.165, 1.54) is 5.56 Å². The van der Waals surface area contributed by atoms with Gasteiger partial charge < -0.3 is 10.6 Å². The van der Waals surface area contributed by atoms with E-state index in [1.807, 2.05) is 10.9 Å². The van der Waals surface area contributed by atoms with Gasteiger partial charge in [0.25, 0.3) is 0 Å². The maximum Gasteiger partial charge on any atom is 0.220 e. The van der Waals surface area contributed by atoms with E-state index in [0.717, 1.165) is 32.4 Å². The van der Waals surface area contributed by atoms with E-state index in [1.54, 1.807) is 0 Å². The molecule has 1 saturated carbocycles. The van der Waals surface area contributed by atoms with Gasteiger partial charge in [0.15, 0.2) is 0 Å². The van der Waals surface area contributed by atoms with Crippen molar-refractivity contribution >= 4 is 5.91 Å². The molecule has 1 atom stereocenters. The normalized spacial score (nSPS) is 16.3. The lowest BCUT2D eigenvalue weighted by Crippen LogP contribution is -2.27. The number of nitrogens with one attached hydrogen (secondary N) is 2. The van der Waals surface area contributed by atoms with Crippen molar-refractivity contribution < 1.29 is 4.79 Å². The first-order valence-corrected chi connectivity index (χ1v) is 7.24. The van der Waals surface area contributed by atoms with Crippen LogP contribution in [0.1, 0.15) is 51.1 Å². The third-order valence-electron chi connectivity index (χ3n) is 3.45. The van der Waals surface area contributed by atoms with E-state index < -0.39 is 0 Å². The van der Waals surface area contributed by atoms with Gasteiger partial charge in [-0.25, -0.2) is 0 Å². The SMILES string of the molecule is CCn1cc(C(C)NCCCC(=O)NC2CC2)cn1. The average molecular weight is 264 g/mol. The van der Waals surface area contributed by atoms with E-state index in [4.69, 9.17) is 0 Å². The van der Waals surface area contributed by atoms with Gasteiger partial charge in [-0.2, -0.15) is 5.10 Å². The van der Waals surface area contributed by atoms with Gasteiger partial charge in [0.1, 0.15) is 0 Å². The average Bonchev–Trinajstić information content (AvgIpc) is 3.08. The number of aromatic nitrogens is 2. The second-order valence-electron chi connectivity index (χ2n) is 5.25. The summed E-state index contributed by atoms with van der Waals surface area (Å²) in [5.74, 6) is 0.191. The lowest BCUT2D eigenvalue weighted by Gasteiger charge is -2.11. The Morgan fingerprint density at radius 2 is 2.37 bits per heavy atom. The maximum atomic E-state index is 11.5. The van der Waals surface area contributed by atoms with Gasteiger partial charge in [0, 0.05) is 36.8 Å². The quantitative estimate of drug-likeness (QED) is 0.701. The third kappa shape index (κ3) is 4.67. The minimum Gasteiger partial charge on any atom is -0.353 e. The molecule has 1 aliphatic rings. The van der Waals surface area contributed by atoms with Crippen LogP contribution in [-0.4, -0.2) is 28.3 Å². The van der Waals surface area contributed by atoms with Gasteiger partial charge in [-0.1, -0.05) is 0 Å². The summed E-state index contributed by atoms with van der Waals surface area (Å²) >= 11 is 0. The van der Waals surface area contributed by atoms with Crippen molar-refractivity contribution in [3.63, 3.8) is 0 Å². The standard InChI is InChI=1S/C14H24N4O/c1-3-18-10-12(9-16-18)11(2)15-8-4-5-14(19)17-13-6-7-13/h9-11,13,15H,3-8H2,1-2H3,(H,17,19). The molecule has 19 heavy (non-hydrogen) atoms. The molecule has 1 aliphatic carbocycles. The van der Waals surface area contributed by atoms with Crippen LogP contribution >= 0.6 is 0 Å². The molecule has 0 radical (unpaired) electrons. The fourth-order valence-electron chi connectivity index (χ4n) is 1.99. The van der Waals surface area contributed by atoms with E-state index in [0.29, 0.717) is 12.5 Å². The van der Waals surface area contributed by atoms with Gasteiger partial charge in [-0.15, -0.1) is 0 Å². The van der Waals surface area contributed by atoms with Gasteiger partial charge in [-0.05, 0) is 39.7 Å². The van der Waals surface area contributed by atoms with Crippen molar-refractivity contribution in [2.75, 3.05) is 6.54 Å². The van der Waals surface area contributed by atoms with Crippen LogP contribution in [0.25, 0.3) is 0 Å². The summed E-state index contributed by atoms with van der Waals surface area (Å²) in [4.78, 5) is 11.5. The zero-order valence-corrected chi connectivity index (χ0v) is 11.9. The minimum absolute atomic E-state index is 0.191. The summed E-state index contributed by atoms with van der Waals surface area (Å²) < 4.78 is 1.93. The number of nitrogens with zero attached hydrogens (tertiary/aromatic N) is 2. The Bertz CT molecular complexity index is 411. The Hall–Kier alpha value is -1.36. The Balaban J connectivity index is 1.60. The number of carbonyl (C=O) groups excluding carboxylic acids is 1. The summed E-state index contributed by atoms with van der Waals surface area (Å²) in [6.45, 7) is 5.96.